The molecule has 6 heteroatoms. The Morgan fingerprint density at radius 3 is 2.52 bits per heavy atom. The molecule has 0 saturated carbocycles. The van der Waals surface area contributed by atoms with Gasteiger partial charge in [-0.15, -0.1) is 35.3 Å². The highest BCUT2D eigenvalue weighted by atomic mass is 127. The van der Waals surface area contributed by atoms with Crippen molar-refractivity contribution in [2.45, 2.75) is 39.2 Å². The lowest BCUT2D eigenvalue weighted by Gasteiger charge is -2.21. The van der Waals surface area contributed by atoms with Crippen LogP contribution in [0, 0.1) is 0 Å². The molecular formula is C15H29IN4S. The third-order valence-corrected chi connectivity index (χ3v) is 4.00. The lowest BCUT2D eigenvalue weighted by atomic mass is 10.1. The molecule has 3 N–H and O–H groups in total. The van der Waals surface area contributed by atoms with Crippen LogP contribution in [-0.4, -0.2) is 38.2 Å². The predicted octanol–water partition coefficient (Wildman–Crippen LogP) is 3.02. The number of guanidine groups is 1. The highest BCUT2D eigenvalue weighted by molar-refractivity contribution is 14.0. The Hall–Kier alpha value is -0.340. The first-order valence-electron chi connectivity index (χ1n) is 7.15. The molecule has 1 aromatic rings. The van der Waals surface area contributed by atoms with Crippen molar-refractivity contribution in [3.8, 4) is 0 Å². The Morgan fingerprint density at radius 2 is 2.00 bits per heavy atom. The molecule has 0 aromatic carbocycles. The number of aliphatic imine (C=N–C) groups is 1. The van der Waals surface area contributed by atoms with E-state index in [9.17, 15) is 0 Å². The summed E-state index contributed by atoms with van der Waals surface area (Å²) in [5, 5.41) is 12.3. The SMILES string of the molecule is CN=C(NCCNC(C)(C)C)NCC(C)c1cccs1.I. The quantitative estimate of drug-likeness (QED) is 0.285. The van der Waals surface area contributed by atoms with E-state index in [0.29, 0.717) is 5.92 Å². The Bertz CT molecular complexity index is 398. The molecule has 0 aliphatic heterocycles. The van der Waals surface area contributed by atoms with E-state index in [-0.39, 0.29) is 29.5 Å². The maximum Gasteiger partial charge on any atom is 0.191 e. The second kappa shape index (κ2) is 10.4. The molecule has 21 heavy (non-hydrogen) atoms. The minimum absolute atomic E-state index is 0. The molecule has 1 unspecified atom stereocenters. The third kappa shape index (κ3) is 9.31. The van der Waals surface area contributed by atoms with Gasteiger partial charge in [0.15, 0.2) is 5.96 Å². The van der Waals surface area contributed by atoms with E-state index >= 15 is 0 Å². The minimum atomic E-state index is 0. The van der Waals surface area contributed by atoms with Gasteiger partial charge in [-0.05, 0) is 32.2 Å². The van der Waals surface area contributed by atoms with Crippen molar-refractivity contribution in [1.29, 1.82) is 0 Å². The minimum Gasteiger partial charge on any atom is -0.356 e. The molecule has 122 valence electrons. The van der Waals surface area contributed by atoms with Crippen LogP contribution in [0.4, 0.5) is 0 Å². The van der Waals surface area contributed by atoms with Crippen LogP contribution >= 0.6 is 35.3 Å². The summed E-state index contributed by atoms with van der Waals surface area (Å²) < 4.78 is 0. The van der Waals surface area contributed by atoms with Gasteiger partial charge in [-0.1, -0.05) is 13.0 Å². The molecule has 0 radical (unpaired) electrons. The Morgan fingerprint density at radius 1 is 1.29 bits per heavy atom. The van der Waals surface area contributed by atoms with Crippen molar-refractivity contribution in [2.75, 3.05) is 26.7 Å². The summed E-state index contributed by atoms with van der Waals surface area (Å²) in [6, 6.07) is 4.28. The van der Waals surface area contributed by atoms with E-state index in [0.717, 1.165) is 25.6 Å². The second-order valence-corrected chi connectivity index (χ2v) is 6.95. The van der Waals surface area contributed by atoms with Crippen LogP contribution in [-0.2, 0) is 0 Å². The van der Waals surface area contributed by atoms with Crippen molar-refractivity contribution in [3.05, 3.63) is 22.4 Å². The van der Waals surface area contributed by atoms with E-state index in [1.807, 2.05) is 7.05 Å². The van der Waals surface area contributed by atoms with Crippen LogP contribution in [0.2, 0.25) is 0 Å². The van der Waals surface area contributed by atoms with Crippen LogP contribution in [0.3, 0.4) is 0 Å². The van der Waals surface area contributed by atoms with Gasteiger partial charge in [0.2, 0.25) is 0 Å². The molecule has 1 aromatic heterocycles. The number of nitrogens with zero attached hydrogens (tertiary/aromatic N) is 1. The summed E-state index contributed by atoms with van der Waals surface area (Å²) in [5.74, 6) is 1.37. The fourth-order valence-corrected chi connectivity index (χ4v) is 2.55. The van der Waals surface area contributed by atoms with Gasteiger partial charge in [-0.3, -0.25) is 4.99 Å². The monoisotopic (exact) mass is 424 g/mol. The zero-order valence-corrected chi connectivity index (χ0v) is 16.8. The lowest BCUT2D eigenvalue weighted by molar-refractivity contribution is 0.428. The molecule has 0 saturated heterocycles. The number of nitrogens with one attached hydrogen (secondary N) is 3. The molecule has 1 rings (SSSR count). The molecule has 0 bridgehead atoms. The molecule has 0 amide bonds. The Labute approximate surface area is 150 Å². The summed E-state index contributed by atoms with van der Waals surface area (Å²) in [6.45, 7) is 11.4. The van der Waals surface area contributed by atoms with Gasteiger partial charge < -0.3 is 16.0 Å². The lowest BCUT2D eigenvalue weighted by Crippen LogP contribution is -2.45. The summed E-state index contributed by atoms with van der Waals surface area (Å²) in [5.41, 5.74) is 0.159. The summed E-state index contributed by atoms with van der Waals surface area (Å²) in [6.07, 6.45) is 0. The van der Waals surface area contributed by atoms with Gasteiger partial charge in [0.05, 0.1) is 0 Å². The largest absolute Gasteiger partial charge is 0.356 e. The standard InChI is InChI=1S/C15H28N4S.HI/c1-12(13-7-6-10-20-13)11-18-14(16-5)17-8-9-19-15(2,3)4;/h6-7,10,12,19H,8-9,11H2,1-5H3,(H2,16,17,18);1H. The third-order valence-electron chi connectivity index (χ3n) is 2.90. The average Bonchev–Trinajstić information content (AvgIpc) is 2.90. The van der Waals surface area contributed by atoms with Crippen LogP contribution in [0.15, 0.2) is 22.5 Å². The molecule has 0 spiro atoms. The van der Waals surface area contributed by atoms with Gasteiger partial charge >= 0.3 is 0 Å². The molecule has 1 atom stereocenters. The molecule has 0 fully saturated rings. The molecule has 0 aliphatic carbocycles. The van der Waals surface area contributed by atoms with Crippen molar-refractivity contribution in [3.63, 3.8) is 0 Å². The van der Waals surface area contributed by atoms with Crippen LogP contribution in [0.5, 0.6) is 0 Å². The smallest absolute Gasteiger partial charge is 0.191 e. The first-order chi connectivity index (χ1) is 9.42. The number of hydrogen-bond acceptors (Lipinski definition) is 3. The zero-order chi connectivity index (χ0) is 15.0. The maximum absolute atomic E-state index is 4.25. The number of thiophene rings is 1. The Balaban J connectivity index is 0.00000400. The first-order valence-corrected chi connectivity index (χ1v) is 8.03. The van der Waals surface area contributed by atoms with Gasteiger partial charge in [-0.2, -0.15) is 0 Å². The van der Waals surface area contributed by atoms with E-state index in [2.05, 4.69) is 66.2 Å². The Kier molecular flexibility index (Phi) is 10.2. The predicted molar refractivity (Wildman–Crippen MR) is 105 cm³/mol. The summed E-state index contributed by atoms with van der Waals surface area (Å²) in [4.78, 5) is 5.65. The topological polar surface area (TPSA) is 48.5 Å². The number of halogens is 1. The van der Waals surface area contributed by atoms with Gasteiger partial charge in [0, 0.05) is 43.0 Å². The average molecular weight is 424 g/mol. The molecule has 1 heterocycles. The number of rotatable bonds is 6. The molecule has 0 aliphatic rings. The summed E-state index contributed by atoms with van der Waals surface area (Å²) in [7, 11) is 1.81. The molecular weight excluding hydrogens is 395 g/mol. The fraction of sp³-hybridized carbons (Fsp3) is 0.667. The summed E-state index contributed by atoms with van der Waals surface area (Å²) >= 11 is 1.80. The maximum atomic E-state index is 4.25. The van der Waals surface area contributed by atoms with Crippen LogP contribution in [0.25, 0.3) is 0 Å². The van der Waals surface area contributed by atoms with E-state index in [1.54, 1.807) is 11.3 Å². The van der Waals surface area contributed by atoms with Gasteiger partial charge in [-0.25, -0.2) is 0 Å². The fourth-order valence-electron chi connectivity index (χ4n) is 1.76. The van der Waals surface area contributed by atoms with Crippen molar-refractivity contribution < 1.29 is 0 Å². The highest BCUT2D eigenvalue weighted by Gasteiger charge is 2.09. The zero-order valence-electron chi connectivity index (χ0n) is 13.7. The second-order valence-electron chi connectivity index (χ2n) is 5.97. The normalized spacial score (nSPS) is 13.5. The van der Waals surface area contributed by atoms with Crippen LogP contribution in [0.1, 0.15) is 38.5 Å². The van der Waals surface area contributed by atoms with Crippen LogP contribution < -0.4 is 16.0 Å². The van der Waals surface area contributed by atoms with E-state index < -0.39 is 0 Å². The van der Waals surface area contributed by atoms with E-state index in [4.69, 9.17) is 0 Å². The van der Waals surface area contributed by atoms with E-state index in [1.165, 1.54) is 4.88 Å². The van der Waals surface area contributed by atoms with Gasteiger partial charge in [0.25, 0.3) is 0 Å². The van der Waals surface area contributed by atoms with Crippen molar-refractivity contribution >= 4 is 41.3 Å². The first kappa shape index (κ1) is 20.7. The van der Waals surface area contributed by atoms with Gasteiger partial charge in [0.1, 0.15) is 0 Å². The molecule has 4 nitrogen and oxygen atoms in total. The highest BCUT2D eigenvalue weighted by Crippen LogP contribution is 2.19. The number of hydrogen-bond donors (Lipinski definition) is 3. The van der Waals surface area contributed by atoms with Crippen molar-refractivity contribution in [2.24, 2.45) is 4.99 Å². The van der Waals surface area contributed by atoms with Crippen molar-refractivity contribution in [1.82, 2.24) is 16.0 Å².